The van der Waals surface area contributed by atoms with Gasteiger partial charge in [0.05, 0.1) is 19.3 Å². The Morgan fingerprint density at radius 3 is 2.21 bits per heavy atom. The molecule has 0 aromatic heterocycles. The van der Waals surface area contributed by atoms with E-state index in [1.807, 2.05) is 0 Å². The van der Waals surface area contributed by atoms with Gasteiger partial charge in [0.15, 0.2) is 5.41 Å². The number of ether oxygens (including phenoxy) is 2. The van der Waals surface area contributed by atoms with Crippen LogP contribution in [0, 0.1) is 17.3 Å². The molecule has 1 saturated carbocycles. The van der Waals surface area contributed by atoms with Crippen molar-refractivity contribution in [3.8, 4) is 0 Å². The summed E-state index contributed by atoms with van der Waals surface area (Å²) in [6.07, 6.45) is 7.42. The second kappa shape index (κ2) is 9.82. The maximum Gasteiger partial charge on any atom is 0.324 e. The van der Waals surface area contributed by atoms with Crippen LogP contribution in [0.3, 0.4) is 0 Å². The molecule has 1 N–H and O–H groups in total. The Kier molecular flexibility index (Phi) is 8.46. The van der Waals surface area contributed by atoms with Crippen molar-refractivity contribution in [3.63, 3.8) is 0 Å². The largest absolute Gasteiger partial charge is 0.465 e. The Morgan fingerprint density at radius 2 is 1.75 bits per heavy atom. The third-order valence-corrected chi connectivity index (χ3v) is 4.77. The van der Waals surface area contributed by atoms with Crippen molar-refractivity contribution < 1.29 is 24.2 Å². The monoisotopic (exact) mass is 340 g/mol. The summed E-state index contributed by atoms with van der Waals surface area (Å²) in [5, 5.41) is 10.3. The molecule has 0 bridgehead atoms. The molecule has 0 aromatic rings. The smallest absolute Gasteiger partial charge is 0.324 e. The molecule has 5 heteroatoms. The maximum absolute atomic E-state index is 12.2. The summed E-state index contributed by atoms with van der Waals surface area (Å²) in [6.45, 7) is 8.09. The average molecular weight is 340 g/mol. The minimum Gasteiger partial charge on any atom is -0.465 e. The topological polar surface area (TPSA) is 72.8 Å². The van der Waals surface area contributed by atoms with Crippen LogP contribution in [0.2, 0.25) is 0 Å². The molecule has 0 amide bonds. The summed E-state index contributed by atoms with van der Waals surface area (Å²) >= 11 is 0. The molecule has 1 rings (SSSR count). The first kappa shape index (κ1) is 20.7. The van der Waals surface area contributed by atoms with Crippen molar-refractivity contribution in [1.29, 1.82) is 0 Å². The van der Waals surface area contributed by atoms with Gasteiger partial charge in [-0.05, 0) is 32.6 Å². The number of rotatable bonds is 11. The Bertz CT molecular complexity index is 425. The molecular formula is C19H32O5. The second-order valence-corrected chi connectivity index (χ2v) is 6.41. The summed E-state index contributed by atoms with van der Waals surface area (Å²) in [6, 6.07) is 0. The third kappa shape index (κ3) is 4.82. The van der Waals surface area contributed by atoms with Crippen molar-refractivity contribution in [2.75, 3.05) is 13.2 Å². The van der Waals surface area contributed by atoms with Gasteiger partial charge in [-0.25, -0.2) is 0 Å². The highest BCUT2D eigenvalue weighted by Crippen LogP contribution is 2.55. The van der Waals surface area contributed by atoms with Crippen molar-refractivity contribution >= 4 is 11.9 Å². The highest BCUT2D eigenvalue weighted by molar-refractivity contribution is 6.04. The fourth-order valence-electron chi connectivity index (χ4n) is 3.08. The van der Waals surface area contributed by atoms with E-state index < -0.39 is 23.5 Å². The van der Waals surface area contributed by atoms with Crippen LogP contribution in [0.15, 0.2) is 12.2 Å². The van der Waals surface area contributed by atoms with Gasteiger partial charge in [0.1, 0.15) is 0 Å². The number of carbonyl (C=O) groups is 2. The van der Waals surface area contributed by atoms with Gasteiger partial charge in [-0.2, -0.15) is 0 Å². The first-order chi connectivity index (χ1) is 11.5. The Balaban J connectivity index is 2.75. The minimum atomic E-state index is -1.21. The van der Waals surface area contributed by atoms with Crippen molar-refractivity contribution in [3.05, 3.63) is 12.2 Å². The molecule has 0 heterocycles. The number of hydrogen-bond acceptors (Lipinski definition) is 5. The van der Waals surface area contributed by atoms with E-state index in [9.17, 15) is 14.7 Å². The number of allylic oxidation sites excluding steroid dienone is 1. The lowest BCUT2D eigenvalue weighted by Gasteiger charge is -2.18. The molecular weight excluding hydrogens is 308 g/mol. The van der Waals surface area contributed by atoms with Gasteiger partial charge < -0.3 is 14.6 Å². The predicted molar refractivity (Wildman–Crippen MR) is 92.3 cm³/mol. The molecule has 0 spiro atoms. The summed E-state index contributed by atoms with van der Waals surface area (Å²) in [5.74, 6) is -1.09. The number of carbonyl (C=O) groups excluding carboxylic acids is 2. The molecule has 0 radical (unpaired) electrons. The lowest BCUT2D eigenvalue weighted by Crippen LogP contribution is -2.31. The standard InChI is InChI=1S/C19H32O5/c1-5-9-10-14(6-2)16(20)12-11-15-13-19(15,17(21)23-7-3)18(22)24-8-4/h11-12,14-16,20H,5-10,13H2,1-4H3/b12-11+. The highest BCUT2D eigenvalue weighted by Gasteiger charge is 2.67. The zero-order chi connectivity index (χ0) is 18.2. The molecule has 3 atom stereocenters. The van der Waals surface area contributed by atoms with E-state index >= 15 is 0 Å². The maximum atomic E-state index is 12.2. The number of aliphatic hydroxyl groups excluding tert-OH is 1. The lowest BCUT2D eigenvalue weighted by molar-refractivity contribution is -0.164. The number of hydrogen-bond donors (Lipinski definition) is 1. The van der Waals surface area contributed by atoms with E-state index in [2.05, 4.69) is 13.8 Å². The van der Waals surface area contributed by atoms with E-state index in [0.717, 1.165) is 25.7 Å². The zero-order valence-electron chi connectivity index (χ0n) is 15.4. The molecule has 5 nitrogen and oxygen atoms in total. The first-order valence-electron chi connectivity index (χ1n) is 9.18. The molecule has 1 aliphatic carbocycles. The van der Waals surface area contributed by atoms with Crippen molar-refractivity contribution in [2.45, 2.75) is 65.9 Å². The number of esters is 2. The fraction of sp³-hybridized carbons (Fsp3) is 0.789. The van der Waals surface area contributed by atoms with Crippen LogP contribution >= 0.6 is 0 Å². The van der Waals surface area contributed by atoms with Gasteiger partial charge in [0.25, 0.3) is 0 Å². The predicted octanol–water partition coefficient (Wildman–Crippen LogP) is 3.25. The van der Waals surface area contributed by atoms with E-state index in [0.29, 0.717) is 6.42 Å². The summed E-state index contributed by atoms with van der Waals surface area (Å²) in [4.78, 5) is 24.4. The molecule has 0 saturated heterocycles. The molecule has 138 valence electrons. The summed E-state index contributed by atoms with van der Waals surface area (Å²) in [5.41, 5.74) is -1.21. The molecule has 3 unspecified atom stereocenters. The number of aliphatic hydroxyl groups is 1. The van der Waals surface area contributed by atoms with Crippen LogP contribution in [0.25, 0.3) is 0 Å². The van der Waals surface area contributed by atoms with Crippen molar-refractivity contribution in [2.24, 2.45) is 17.3 Å². The van der Waals surface area contributed by atoms with Gasteiger partial charge in [-0.3, -0.25) is 9.59 Å². The van der Waals surface area contributed by atoms with Gasteiger partial charge in [0, 0.05) is 5.92 Å². The molecule has 1 fully saturated rings. The van der Waals surface area contributed by atoms with E-state index in [1.54, 1.807) is 26.0 Å². The van der Waals surface area contributed by atoms with Crippen molar-refractivity contribution in [1.82, 2.24) is 0 Å². The summed E-state index contributed by atoms with van der Waals surface area (Å²) < 4.78 is 10.1. The van der Waals surface area contributed by atoms with Gasteiger partial charge >= 0.3 is 11.9 Å². The summed E-state index contributed by atoms with van der Waals surface area (Å²) in [7, 11) is 0. The molecule has 1 aliphatic rings. The van der Waals surface area contributed by atoms with Crippen LogP contribution < -0.4 is 0 Å². The van der Waals surface area contributed by atoms with Gasteiger partial charge in [-0.1, -0.05) is 45.3 Å². The quantitative estimate of drug-likeness (QED) is 0.355. The van der Waals surface area contributed by atoms with Gasteiger partial charge in [-0.15, -0.1) is 0 Å². The van der Waals surface area contributed by atoms with E-state index in [1.165, 1.54) is 0 Å². The van der Waals surface area contributed by atoms with Crippen LogP contribution in [0.1, 0.15) is 59.8 Å². The minimum absolute atomic E-state index is 0.208. The van der Waals surface area contributed by atoms with Gasteiger partial charge in [0.2, 0.25) is 0 Å². The third-order valence-electron chi connectivity index (χ3n) is 4.77. The average Bonchev–Trinajstić information content (AvgIpc) is 3.30. The fourth-order valence-corrected chi connectivity index (χ4v) is 3.08. The van der Waals surface area contributed by atoms with Crippen LogP contribution in [-0.4, -0.2) is 36.4 Å². The first-order valence-corrected chi connectivity index (χ1v) is 9.18. The second-order valence-electron chi connectivity index (χ2n) is 6.41. The number of unbranched alkanes of at least 4 members (excludes halogenated alkanes) is 1. The SMILES string of the molecule is CCCCC(CC)C(O)/C=C/C1CC1(C(=O)OCC)C(=O)OCC. The van der Waals surface area contributed by atoms with E-state index in [4.69, 9.17) is 9.47 Å². The van der Waals surface area contributed by atoms with Crippen LogP contribution in [0.5, 0.6) is 0 Å². The Hall–Kier alpha value is -1.36. The molecule has 0 aliphatic heterocycles. The Labute approximate surface area is 145 Å². The van der Waals surface area contributed by atoms with E-state index in [-0.39, 0.29) is 25.0 Å². The highest BCUT2D eigenvalue weighted by atomic mass is 16.6. The molecule has 0 aromatic carbocycles. The zero-order valence-corrected chi connectivity index (χ0v) is 15.4. The van der Waals surface area contributed by atoms with Crippen LogP contribution in [-0.2, 0) is 19.1 Å². The van der Waals surface area contributed by atoms with Crippen LogP contribution in [0.4, 0.5) is 0 Å². The normalized spacial score (nSPS) is 21.3. The lowest BCUT2D eigenvalue weighted by atomic mass is 9.92. The Morgan fingerprint density at radius 1 is 1.17 bits per heavy atom. The molecule has 24 heavy (non-hydrogen) atoms.